The first-order valence-electron chi connectivity index (χ1n) is 3.77. The summed E-state index contributed by atoms with van der Waals surface area (Å²) in [5.74, 6) is 0.367. The van der Waals surface area contributed by atoms with Gasteiger partial charge >= 0.3 is 0 Å². The van der Waals surface area contributed by atoms with E-state index < -0.39 is 0 Å². The van der Waals surface area contributed by atoms with Crippen molar-refractivity contribution in [2.75, 3.05) is 0 Å². The molecule has 0 aromatic heterocycles. The number of thiol groups is 1. The van der Waals surface area contributed by atoms with Gasteiger partial charge in [0.15, 0.2) is 0 Å². The van der Waals surface area contributed by atoms with Crippen molar-refractivity contribution in [2.24, 2.45) is 0 Å². The Bertz CT molecular complexity index is 283. The van der Waals surface area contributed by atoms with Gasteiger partial charge < -0.3 is 5.11 Å². The van der Waals surface area contributed by atoms with Crippen LogP contribution in [-0.2, 0) is 6.42 Å². The molecule has 58 valence electrons. The minimum atomic E-state index is 0.367. The number of hydrogen-bond donors (Lipinski definition) is 2. The molecule has 1 nitrogen and oxygen atoms in total. The molecule has 1 aliphatic rings. The van der Waals surface area contributed by atoms with Crippen molar-refractivity contribution in [1.82, 2.24) is 0 Å². The zero-order valence-corrected chi connectivity index (χ0v) is 7.01. The highest BCUT2D eigenvalue weighted by atomic mass is 32.1. The highest BCUT2D eigenvalue weighted by Crippen LogP contribution is 2.36. The summed E-state index contributed by atoms with van der Waals surface area (Å²) in [7, 11) is 0. The minimum absolute atomic E-state index is 0.367. The van der Waals surface area contributed by atoms with Gasteiger partial charge in [0.05, 0.1) is 0 Å². The topological polar surface area (TPSA) is 20.2 Å². The van der Waals surface area contributed by atoms with Crippen molar-refractivity contribution in [3.05, 3.63) is 29.3 Å². The molecular formula is C9H10OS. The van der Waals surface area contributed by atoms with E-state index in [1.54, 1.807) is 6.07 Å². The van der Waals surface area contributed by atoms with Gasteiger partial charge in [0.2, 0.25) is 0 Å². The zero-order chi connectivity index (χ0) is 7.84. The van der Waals surface area contributed by atoms with Gasteiger partial charge in [0.1, 0.15) is 5.75 Å². The molecule has 0 spiro atoms. The third-order valence-electron chi connectivity index (χ3n) is 2.17. The van der Waals surface area contributed by atoms with Crippen LogP contribution in [0.25, 0.3) is 0 Å². The second-order valence-corrected chi connectivity index (χ2v) is 3.56. The Kier molecular flexibility index (Phi) is 1.57. The van der Waals surface area contributed by atoms with E-state index in [-0.39, 0.29) is 0 Å². The van der Waals surface area contributed by atoms with Gasteiger partial charge in [-0.25, -0.2) is 0 Å². The summed E-state index contributed by atoms with van der Waals surface area (Å²) in [6.45, 7) is 0. The van der Waals surface area contributed by atoms with Gasteiger partial charge in [-0.2, -0.15) is 12.6 Å². The highest BCUT2D eigenvalue weighted by Gasteiger charge is 2.18. The summed E-state index contributed by atoms with van der Waals surface area (Å²) in [5.41, 5.74) is 2.54. The van der Waals surface area contributed by atoms with E-state index in [1.807, 2.05) is 12.1 Å². The monoisotopic (exact) mass is 166 g/mol. The fourth-order valence-electron chi connectivity index (χ4n) is 1.58. The molecule has 0 bridgehead atoms. The lowest BCUT2D eigenvalue weighted by Gasteiger charge is -2.02. The van der Waals surface area contributed by atoms with Crippen LogP contribution in [0.4, 0.5) is 0 Å². The smallest absolute Gasteiger partial charge is 0.115 e. The third kappa shape index (κ3) is 1.11. The minimum Gasteiger partial charge on any atom is -0.508 e. The Hall–Kier alpha value is -0.630. The predicted octanol–water partition coefficient (Wildman–Crippen LogP) is 2.31. The Morgan fingerprint density at radius 3 is 3.09 bits per heavy atom. The number of aromatic hydroxyl groups is 1. The van der Waals surface area contributed by atoms with Crippen molar-refractivity contribution in [2.45, 2.75) is 18.1 Å². The molecule has 11 heavy (non-hydrogen) atoms. The van der Waals surface area contributed by atoms with Crippen molar-refractivity contribution in [3.8, 4) is 5.75 Å². The summed E-state index contributed by atoms with van der Waals surface area (Å²) < 4.78 is 0. The molecule has 2 rings (SSSR count). The number of phenols is 1. The van der Waals surface area contributed by atoms with E-state index in [4.69, 9.17) is 5.11 Å². The lowest BCUT2D eigenvalue weighted by atomic mass is 10.1. The first kappa shape index (κ1) is 7.04. The lowest BCUT2D eigenvalue weighted by molar-refractivity contribution is 0.474. The zero-order valence-electron chi connectivity index (χ0n) is 6.12. The molecule has 0 amide bonds. The van der Waals surface area contributed by atoms with Crippen molar-refractivity contribution in [3.63, 3.8) is 0 Å². The van der Waals surface area contributed by atoms with Gasteiger partial charge in [-0.1, -0.05) is 6.07 Å². The average molecular weight is 166 g/mol. The lowest BCUT2D eigenvalue weighted by Crippen LogP contribution is -1.81. The van der Waals surface area contributed by atoms with Crippen LogP contribution >= 0.6 is 12.6 Å². The van der Waals surface area contributed by atoms with E-state index >= 15 is 0 Å². The van der Waals surface area contributed by atoms with Crippen LogP contribution in [0.5, 0.6) is 5.75 Å². The first-order valence-corrected chi connectivity index (χ1v) is 4.29. The molecular weight excluding hydrogens is 156 g/mol. The summed E-state index contributed by atoms with van der Waals surface area (Å²) in [6.07, 6.45) is 2.15. The van der Waals surface area contributed by atoms with Crippen LogP contribution in [0.1, 0.15) is 22.8 Å². The summed E-state index contributed by atoms with van der Waals surface area (Å²) in [5, 5.41) is 9.54. The molecule has 1 N–H and O–H groups in total. The van der Waals surface area contributed by atoms with Crippen LogP contribution < -0.4 is 0 Å². The largest absolute Gasteiger partial charge is 0.508 e. The fraction of sp³-hybridized carbons (Fsp3) is 0.333. The molecule has 0 heterocycles. The standard InChI is InChI=1S/C9H10OS/c10-7-2-3-8-6(5-7)1-4-9(8)11/h2-3,5,9-11H,1,4H2. The second kappa shape index (κ2) is 2.45. The second-order valence-electron chi connectivity index (χ2n) is 2.94. The maximum Gasteiger partial charge on any atom is 0.115 e. The molecule has 0 aliphatic heterocycles. The van der Waals surface area contributed by atoms with Gasteiger partial charge in [-0.3, -0.25) is 0 Å². The van der Waals surface area contributed by atoms with E-state index in [1.165, 1.54) is 11.1 Å². The Labute approximate surface area is 71.5 Å². The molecule has 1 atom stereocenters. The van der Waals surface area contributed by atoms with E-state index in [0.717, 1.165) is 12.8 Å². The van der Waals surface area contributed by atoms with Gasteiger partial charge in [-0.15, -0.1) is 0 Å². The van der Waals surface area contributed by atoms with Crippen LogP contribution in [-0.4, -0.2) is 5.11 Å². The molecule has 1 aromatic carbocycles. The number of fused-ring (bicyclic) bond motifs is 1. The van der Waals surface area contributed by atoms with Crippen LogP contribution in [0.15, 0.2) is 18.2 Å². The van der Waals surface area contributed by atoms with Crippen LogP contribution in [0.3, 0.4) is 0 Å². The number of hydrogen-bond acceptors (Lipinski definition) is 2. The van der Waals surface area contributed by atoms with E-state index in [0.29, 0.717) is 11.0 Å². The molecule has 0 radical (unpaired) electrons. The average Bonchev–Trinajstić information content (AvgIpc) is 2.32. The molecule has 1 aromatic rings. The SMILES string of the molecule is Oc1ccc2c(c1)CCC2S. The van der Waals surface area contributed by atoms with Crippen LogP contribution in [0.2, 0.25) is 0 Å². The molecule has 1 aliphatic carbocycles. The first-order chi connectivity index (χ1) is 5.27. The van der Waals surface area contributed by atoms with Crippen molar-refractivity contribution < 1.29 is 5.11 Å². The molecule has 0 saturated heterocycles. The Morgan fingerprint density at radius 1 is 1.45 bits per heavy atom. The van der Waals surface area contributed by atoms with E-state index in [9.17, 15) is 0 Å². The molecule has 2 heteroatoms. The number of aryl methyl sites for hydroxylation is 1. The number of rotatable bonds is 0. The number of phenolic OH excluding ortho intramolecular Hbond substituents is 1. The normalized spacial score (nSPS) is 21.7. The molecule has 1 unspecified atom stereocenters. The Balaban J connectivity index is 2.50. The maximum absolute atomic E-state index is 9.16. The molecule has 0 fully saturated rings. The highest BCUT2D eigenvalue weighted by molar-refractivity contribution is 7.80. The van der Waals surface area contributed by atoms with Crippen LogP contribution in [0, 0.1) is 0 Å². The van der Waals surface area contributed by atoms with Gasteiger partial charge in [-0.05, 0) is 36.1 Å². The molecule has 0 saturated carbocycles. The summed E-state index contributed by atoms with van der Waals surface area (Å²) in [4.78, 5) is 0. The quantitative estimate of drug-likeness (QED) is 0.567. The number of benzene rings is 1. The van der Waals surface area contributed by atoms with Crippen molar-refractivity contribution >= 4 is 12.6 Å². The Morgan fingerprint density at radius 2 is 2.27 bits per heavy atom. The predicted molar refractivity (Wildman–Crippen MR) is 48.2 cm³/mol. The van der Waals surface area contributed by atoms with Gasteiger partial charge in [0, 0.05) is 5.25 Å². The summed E-state index contributed by atoms with van der Waals surface area (Å²) >= 11 is 4.42. The fourth-order valence-corrected chi connectivity index (χ4v) is 1.96. The van der Waals surface area contributed by atoms with Gasteiger partial charge in [0.25, 0.3) is 0 Å². The van der Waals surface area contributed by atoms with Crippen molar-refractivity contribution in [1.29, 1.82) is 0 Å². The summed E-state index contributed by atoms with van der Waals surface area (Å²) in [6, 6.07) is 5.54. The van der Waals surface area contributed by atoms with E-state index in [2.05, 4.69) is 12.6 Å². The maximum atomic E-state index is 9.16. The third-order valence-corrected chi connectivity index (χ3v) is 2.71.